The first-order valence-corrected chi connectivity index (χ1v) is 9.32. The van der Waals surface area contributed by atoms with Crippen LogP contribution >= 0.6 is 0 Å². The summed E-state index contributed by atoms with van der Waals surface area (Å²) in [6.45, 7) is 4.17. The van der Waals surface area contributed by atoms with Crippen molar-refractivity contribution in [3.8, 4) is 16.9 Å². The summed E-state index contributed by atoms with van der Waals surface area (Å²) >= 11 is 0. The van der Waals surface area contributed by atoms with Gasteiger partial charge in [0.05, 0.1) is 18.9 Å². The van der Waals surface area contributed by atoms with Gasteiger partial charge in [0.2, 0.25) is 0 Å². The van der Waals surface area contributed by atoms with Crippen molar-refractivity contribution < 1.29 is 14.2 Å². The fourth-order valence-corrected chi connectivity index (χ4v) is 3.48. The van der Waals surface area contributed by atoms with Gasteiger partial charge in [0.25, 0.3) is 0 Å². The van der Waals surface area contributed by atoms with E-state index in [1.54, 1.807) is 0 Å². The van der Waals surface area contributed by atoms with Crippen LogP contribution in [0.25, 0.3) is 11.1 Å². The molecule has 25 heavy (non-hydrogen) atoms. The molecule has 5 heteroatoms. The van der Waals surface area contributed by atoms with Crippen molar-refractivity contribution in [2.45, 2.75) is 38.3 Å². The molecule has 4 rings (SSSR count). The molecule has 2 unspecified atom stereocenters. The lowest BCUT2D eigenvalue weighted by atomic mass is 10.1. The second kappa shape index (κ2) is 8.02. The van der Waals surface area contributed by atoms with Crippen molar-refractivity contribution in [2.24, 2.45) is 5.92 Å². The zero-order valence-corrected chi connectivity index (χ0v) is 14.6. The van der Waals surface area contributed by atoms with Crippen LogP contribution in [-0.2, 0) is 16.0 Å². The Bertz CT molecular complexity index is 656. The highest BCUT2D eigenvalue weighted by Gasteiger charge is 2.17. The number of hydrogen-bond acceptors (Lipinski definition) is 4. The third-order valence-corrected chi connectivity index (χ3v) is 5.00. The molecule has 2 aliphatic rings. The molecule has 1 aromatic heterocycles. The Kier molecular flexibility index (Phi) is 5.33. The fraction of sp³-hybridized carbons (Fsp3) is 0.550. The lowest BCUT2D eigenvalue weighted by molar-refractivity contribution is -0.0110. The highest BCUT2D eigenvalue weighted by molar-refractivity contribution is 5.62. The summed E-state index contributed by atoms with van der Waals surface area (Å²) in [5, 5.41) is 4.49. The van der Waals surface area contributed by atoms with Gasteiger partial charge in [-0.3, -0.25) is 4.68 Å². The van der Waals surface area contributed by atoms with Crippen molar-refractivity contribution in [1.29, 1.82) is 0 Å². The molecule has 0 radical (unpaired) electrons. The van der Waals surface area contributed by atoms with E-state index in [4.69, 9.17) is 14.2 Å². The van der Waals surface area contributed by atoms with E-state index in [0.29, 0.717) is 12.5 Å². The minimum absolute atomic E-state index is 0.242. The molecule has 2 aliphatic heterocycles. The van der Waals surface area contributed by atoms with Crippen molar-refractivity contribution in [2.75, 3.05) is 26.4 Å². The monoisotopic (exact) mass is 342 g/mol. The summed E-state index contributed by atoms with van der Waals surface area (Å²) in [5.41, 5.74) is 2.30. The van der Waals surface area contributed by atoms with Crippen LogP contribution in [0.4, 0.5) is 0 Å². The molecule has 0 aliphatic carbocycles. The van der Waals surface area contributed by atoms with Crippen molar-refractivity contribution in [3.05, 3.63) is 36.7 Å². The van der Waals surface area contributed by atoms with Crippen LogP contribution in [0.2, 0.25) is 0 Å². The summed E-state index contributed by atoms with van der Waals surface area (Å²) in [6.07, 6.45) is 8.93. The normalized spacial score (nSPS) is 23.7. The van der Waals surface area contributed by atoms with E-state index >= 15 is 0 Å². The van der Waals surface area contributed by atoms with Crippen LogP contribution in [0.15, 0.2) is 36.7 Å². The Labute approximate surface area is 148 Å². The fourth-order valence-electron chi connectivity index (χ4n) is 3.48. The number of hydrogen-bond donors (Lipinski definition) is 0. The molecule has 0 amide bonds. The summed E-state index contributed by atoms with van der Waals surface area (Å²) in [7, 11) is 0. The van der Waals surface area contributed by atoms with Crippen molar-refractivity contribution in [1.82, 2.24) is 9.78 Å². The topological polar surface area (TPSA) is 45.5 Å². The first-order valence-electron chi connectivity index (χ1n) is 9.32. The molecular weight excluding hydrogens is 316 g/mol. The van der Waals surface area contributed by atoms with E-state index in [0.717, 1.165) is 56.1 Å². The van der Waals surface area contributed by atoms with Gasteiger partial charge in [-0.05, 0) is 43.4 Å². The lowest BCUT2D eigenvalue weighted by Crippen LogP contribution is -2.25. The molecular formula is C20H26N2O3. The first kappa shape index (κ1) is 16.6. The molecule has 0 saturated carbocycles. The highest BCUT2D eigenvalue weighted by Crippen LogP contribution is 2.23. The zero-order valence-electron chi connectivity index (χ0n) is 14.6. The molecule has 5 nitrogen and oxygen atoms in total. The maximum absolute atomic E-state index is 5.87. The van der Waals surface area contributed by atoms with Gasteiger partial charge < -0.3 is 14.2 Å². The SMILES string of the molecule is c1cc(-c2cnn(CC3CCOC3)c2)ccc1OCC1CCCCO1. The Morgan fingerprint density at radius 2 is 2.00 bits per heavy atom. The number of nitrogens with zero attached hydrogens (tertiary/aromatic N) is 2. The highest BCUT2D eigenvalue weighted by atomic mass is 16.5. The number of ether oxygens (including phenoxy) is 3. The van der Waals surface area contributed by atoms with E-state index in [-0.39, 0.29) is 6.10 Å². The molecule has 2 atom stereocenters. The first-order chi connectivity index (χ1) is 12.4. The average molecular weight is 342 g/mol. The van der Waals surface area contributed by atoms with Crippen molar-refractivity contribution in [3.63, 3.8) is 0 Å². The molecule has 1 aromatic carbocycles. The van der Waals surface area contributed by atoms with Gasteiger partial charge in [0.1, 0.15) is 12.4 Å². The Balaban J connectivity index is 1.32. The molecule has 2 saturated heterocycles. The minimum Gasteiger partial charge on any atom is -0.491 e. The average Bonchev–Trinajstić information content (AvgIpc) is 3.34. The minimum atomic E-state index is 0.242. The molecule has 3 heterocycles. The maximum atomic E-state index is 5.87. The van der Waals surface area contributed by atoms with Crippen LogP contribution in [0.3, 0.4) is 0 Å². The molecule has 134 valence electrons. The van der Waals surface area contributed by atoms with E-state index in [1.807, 2.05) is 23.0 Å². The van der Waals surface area contributed by atoms with Gasteiger partial charge >= 0.3 is 0 Å². The third kappa shape index (κ3) is 4.41. The molecule has 0 bridgehead atoms. The van der Waals surface area contributed by atoms with E-state index < -0.39 is 0 Å². The van der Waals surface area contributed by atoms with Gasteiger partial charge in [-0.1, -0.05) is 12.1 Å². The van der Waals surface area contributed by atoms with Crippen LogP contribution in [-0.4, -0.2) is 42.3 Å². The second-order valence-corrected chi connectivity index (χ2v) is 7.00. The predicted molar refractivity (Wildman–Crippen MR) is 95.7 cm³/mol. The largest absolute Gasteiger partial charge is 0.491 e. The van der Waals surface area contributed by atoms with E-state index in [2.05, 4.69) is 23.4 Å². The summed E-state index contributed by atoms with van der Waals surface area (Å²) < 4.78 is 19.0. The van der Waals surface area contributed by atoms with Gasteiger partial charge in [0, 0.05) is 37.4 Å². The van der Waals surface area contributed by atoms with Crippen LogP contribution in [0, 0.1) is 5.92 Å². The van der Waals surface area contributed by atoms with Gasteiger partial charge in [0.15, 0.2) is 0 Å². The zero-order chi connectivity index (χ0) is 16.9. The molecule has 0 N–H and O–H groups in total. The van der Waals surface area contributed by atoms with Crippen LogP contribution in [0.5, 0.6) is 5.75 Å². The summed E-state index contributed by atoms with van der Waals surface area (Å²) in [5.74, 6) is 1.49. The van der Waals surface area contributed by atoms with Crippen LogP contribution < -0.4 is 4.74 Å². The predicted octanol–water partition coefficient (Wildman–Crippen LogP) is 3.53. The second-order valence-electron chi connectivity index (χ2n) is 7.00. The van der Waals surface area contributed by atoms with E-state index in [1.165, 1.54) is 12.8 Å². The summed E-state index contributed by atoms with van der Waals surface area (Å²) in [6, 6.07) is 8.24. The number of rotatable bonds is 6. The Morgan fingerprint density at radius 3 is 2.76 bits per heavy atom. The molecule has 0 spiro atoms. The van der Waals surface area contributed by atoms with Crippen molar-refractivity contribution >= 4 is 0 Å². The number of aromatic nitrogens is 2. The molecule has 2 aromatic rings. The Morgan fingerprint density at radius 1 is 1.08 bits per heavy atom. The van der Waals surface area contributed by atoms with Gasteiger partial charge in [-0.2, -0.15) is 5.10 Å². The smallest absolute Gasteiger partial charge is 0.119 e. The summed E-state index contributed by atoms with van der Waals surface area (Å²) in [4.78, 5) is 0. The lowest BCUT2D eigenvalue weighted by Gasteiger charge is -2.22. The van der Waals surface area contributed by atoms with Gasteiger partial charge in [-0.25, -0.2) is 0 Å². The maximum Gasteiger partial charge on any atom is 0.119 e. The van der Waals surface area contributed by atoms with Crippen LogP contribution in [0.1, 0.15) is 25.7 Å². The molecule has 2 fully saturated rings. The van der Waals surface area contributed by atoms with E-state index in [9.17, 15) is 0 Å². The standard InChI is InChI=1S/C20H26N2O3/c1-2-9-24-20(3-1)15-25-19-6-4-17(5-7-19)18-11-21-22(13-18)12-16-8-10-23-14-16/h4-7,11,13,16,20H,1-3,8-10,12,14-15H2. The quantitative estimate of drug-likeness (QED) is 0.805. The number of benzene rings is 1. The Hall–Kier alpha value is -1.85. The third-order valence-electron chi connectivity index (χ3n) is 5.00. The van der Waals surface area contributed by atoms with Gasteiger partial charge in [-0.15, -0.1) is 0 Å².